The number of carbonyl (C=O) groups is 3. The van der Waals surface area contributed by atoms with Crippen molar-refractivity contribution in [3.63, 3.8) is 0 Å². The predicted molar refractivity (Wildman–Crippen MR) is 149 cm³/mol. The van der Waals surface area contributed by atoms with Gasteiger partial charge in [-0.2, -0.15) is 0 Å². The number of aryl methyl sites for hydroxylation is 1. The molecule has 0 spiro atoms. The van der Waals surface area contributed by atoms with Gasteiger partial charge < -0.3 is 14.8 Å². The third-order valence-corrected chi connectivity index (χ3v) is 8.65. The number of nitrogens with one attached hydrogen (secondary N) is 1. The molecule has 1 N–H and O–H groups in total. The number of nitrogens with zero attached hydrogens (tertiary/aromatic N) is 2. The number of piperazine rings is 1. The SMILES string of the molecule is Cc1ccc2cc(C(=O)N3C[C@@H]4C[C@H]3CN4C(=O)[C@@H](CC(=O)C3=Cc4ccccc4C3)C(C)(C)C)[nH]c2c1. The van der Waals surface area contributed by atoms with Crippen LogP contribution < -0.4 is 0 Å². The van der Waals surface area contributed by atoms with Crippen molar-refractivity contribution in [3.05, 3.63) is 76.5 Å². The van der Waals surface area contributed by atoms with E-state index in [2.05, 4.69) is 17.1 Å². The summed E-state index contributed by atoms with van der Waals surface area (Å²) in [5.74, 6) is -0.305. The molecule has 2 fully saturated rings. The average molecular weight is 510 g/mol. The Morgan fingerprint density at radius 1 is 1.00 bits per heavy atom. The van der Waals surface area contributed by atoms with E-state index in [4.69, 9.17) is 0 Å². The van der Waals surface area contributed by atoms with E-state index in [0.717, 1.165) is 34.0 Å². The van der Waals surface area contributed by atoms with Gasteiger partial charge in [-0.15, -0.1) is 0 Å². The number of carbonyl (C=O) groups excluding carboxylic acids is 3. The van der Waals surface area contributed by atoms with Gasteiger partial charge in [0, 0.05) is 42.4 Å². The van der Waals surface area contributed by atoms with E-state index in [1.165, 1.54) is 5.56 Å². The number of aromatic amines is 1. The zero-order valence-corrected chi connectivity index (χ0v) is 22.6. The molecule has 6 rings (SSSR count). The first-order valence-corrected chi connectivity index (χ1v) is 13.6. The maximum absolute atomic E-state index is 13.9. The number of amides is 2. The summed E-state index contributed by atoms with van der Waals surface area (Å²) in [6.45, 7) is 9.24. The topological polar surface area (TPSA) is 73.5 Å². The monoisotopic (exact) mass is 509 g/mol. The Bertz CT molecular complexity index is 1490. The molecule has 196 valence electrons. The second kappa shape index (κ2) is 8.97. The highest BCUT2D eigenvalue weighted by Gasteiger charge is 2.50. The second-order valence-corrected chi connectivity index (χ2v) is 12.4. The van der Waals surface area contributed by atoms with Crippen molar-refractivity contribution in [2.24, 2.45) is 11.3 Å². The first-order valence-electron chi connectivity index (χ1n) is 13.6. The quantitative estimate of drug-likeness (QED) is 0.516. The van der Waals surface area contributed by atoms with Crippen LogP contribution in [0.5, 0.6) is 0 Å². The Morgan fingerprint density at radius 3 is 2.45 bits per heavy atom. The number of ketones is 1. The van der Waals surface area contributed by atoms with Crippen LogP contribution in [0.25, 0.3) is 17.0 Å². The molecule has 0 saturated carbocycles. The predicted octanol–water partition coefficient (Wildman–Crippen LogP) is 5.16. The van der Waals surface area contributed by atoms with Gasteiger partial charge >= 0.3 is 0 Å². The molecule has 0 radical (unpaired) electrons. The van der Waals surface area contributed by atoms with Crippen molar-refractivity contribution >= 4 is 34.6 Å². The normalized spacial score (nSPS) is 21.1. The van der Waals surface area contributed by atoms with E-state index in [-0.39, 0.29) is 41.5 Å². The molecular weight excluding hydrogens is 474 g/mol. The molecule has 0 unspecified atom stereocenters. The molecule has 2 aliphatic heterocycles. The van der Waals surface area contributed by atoms with Gasteiger partial charge in [-0.3, -0.25) is 14.4 Å². The van der Waals surface area contributed by atoms with Gasteiger partial charge in [-0.05, 0) is 53.7 Å². The summed E-state index contributed by atoms with van der Waals surface area (Å²) >= 11 is 0. The highest BCUT2D eigenvalue weighted by atomic mass is 16.2. The fourth-order valence-corrected chi connectivity index (χ4v) is 6.44. The van der Waals surface area contributed by atoms with Gasteiger partial charge in [0.15, 0.2) is 5.78 Å². The van der Waals surface area contributed by atoms with E-state index in [9.17, 15) is 14.4 Å². The number of rotatable bonds is 5. The van der Waals surface area contributed by atoms with Crippen LogP contribution in [0.1, 0.15) is 60.8 Å². The number of likely N-dealkylation sites (tertiary alicyclic amines) is 2. The molecule has 6 nitrogen and oxygen atoms in total. The zero-order valence-electron chi connectivity index (χ0n) is 22.6. The summed E-state index contributed by atoms with van der Waals surface area (Å²) in [6, 6.07) is 16.1. The van der Waals surface area contributed by atoms with E-state index < -0.39 is 5.92 Å². The number of hydrogen-bond donors (Lipinski definition) is 1. The van der Waals surface area contributed by atoms with Crippen LogP contribution in [-0.2, 0) is 16.0 Å². The van der Waals surface area contributed by atoms with Gasteiger partial charge in [-0.1, -0.05) is 57.2 Å². The minimum absolute atomic E-state index is 0.00187. The number of benzene rings is 2. The Balaban J connectivity index is 1.14. The third-order valence-electron chi connectivity index (χ3n) is 8.65. The Hall–Kier alpha value is -3.67. The van der Waals surface area contributed by atoms with Gasteiger partial charge in [0.1, 0.15) is 5.69 Å². The van der Waals surface area contributed by atoms with Crippen molar-refractivity contribution in [2.75, 3.05) is 13.1 Å². The van der Waals surface area contributed by atoms with Crippen molar-refractivity contribution in [2.45, 2.75) is 59.0 Å². The molecule has 6 heteroatoms. The number of Topliss-reactive ketones (excluding diaryl/α,β-unsaturated/α-hetero) is 1. The fourth-order valence-electron chi connectivity index (χ4n) is 6.44. The fraction of sp³-hybridized carbons (Fsp3) is 0.406. The first-order chi connectivity index (χ1) is 18.1. The molecule has 2 amide bonds. The van der Waals surface area contributed by atoms with Crippen LogP contribution in [0.15, 0.2) is 54.1 Å². The van der Waals surface area contributed by atoms with E-state index >= 15 is 0 Å². The molecule has 38 heavy (non-hydrogen) atoms. The Morgan fingerprint density at radius 2 is 1.74 bits per heavy atom. The second-order valence-electron chi connectivity index (χ2n) is 12.4. The largest absolute Gasteiger partial charge is 0.351 e. The number of fused-ring (bicyclic) bond motifs is 4. The van der Waals surface area contributed by atoms with Crippen molar-refractivity contribution in [3.8, 4) is 0 Å². The number of allylic oxidation sites excluding steroid dienone is 1. The lowest BCUT2D eigenvalue weighted by Gasteiger charge is -2.39. The van der Waals surface area contributed by atoms with Gasteiger partial charge in [0.2, 0.25) is 5.91 Å². The van der Waals surface area contributed by atoms with Crippen LogP contribution in [0.4, 0.5) is 0 Å². The molecule has 2 aromatic carbocycles. The summed E-state index contributed by atoms with van der Waals surface area (Å²) in [5.41, 5.74) is 5.42. The minimum atomic E-state index is -0.403. The Labute approximate surface area is 223 Å². The third kappa shape index (κ3) is 4.26. The first kappa shape index (κ1) is 24.7. The smallest absolute Gasteiger partial charge is 0.270 e. The summed E-state index contributed by atoms with van der Waals surface area (Å²) in [6.07, 6.45) is 3.63. The maximum atomic E-state index is 13.9. The minimum Gasteiger partial charge on any atom is -0.351 e. The van der Waals surface area contributed by atoms with Crippen molar-refractivity contribution < 1.29 is 14.4 Å². The standard InChI is InChI=1S/C32H35N3O3/c1-19-9-10-22-14-28(33-27(22)11-19)31(38)35-18-24-15-25(35)17-34(24)30(37)26(32(2,3)4)16-29(36)23-12-20-7-5-6-8-21(20)13-23/h5-12,14,24-26,33H,13,15-18H2,1-4H3/t24-,25-,26+/m0/s1. The van der Waals surface area contributed by atoms with Crippen LogP contribution in [0.3, 0.4) is 0 Å². The van der Waals surface area contributed by atoms with Crippen LogP contribution in [-0.4, -0.2) is 57.6 Å². The van der Waals surface area contributed by atoms with Gasteiger partial charge in [-0.25, -0.2) is 0 Å². The molecule has 2 bridgehead atoms. The highest BCUT2D eigenvalue weighted by Crippen LogP contribution is 2.38. The van der Waals surface area contributed by atoms with Gasteiger partial charge in [0.25, 0.3) is 5.91 Å². The molecular formula is C32H35N3O3. The molecule has 3 heterocycles. The molecule has 1 aliphatic carbocycles. The molecule has 3 aromatic rings. The summed E-state index contributed by atoms with van der Waals surface area (Å²) in [5, 5.41) is 1.03. The average Bonchev–Trinajstić information content (AvgIpc) is 3.66. The number of H-pyrrole nitrogens is 1. The van der Waals surface area contributed by atoms with E-state index in [0.29, 0.717) is 25.2 Å². The molecule has 3 aliphatic rings. The lowest BCUT2D eigenvalue weighted by molar-refractivity contribution is -0.143. The van der Waals surface area contributed by atoms with Crippen molar-refractivity contribution in [1.29, 1.82) is 0 Å². The van der Waals surface area contributed by atoms with E-state index in [1.54, 1.807) is 0 Å². The number of aromatic nitrogens is 1. The van der Waals surface area contributed by atoms with Gasteiger partial charge in [0.05, 0.1) is 18.0 Å². The Kier molecular flexibility index (Phi) is 5.82. The van der Waals surface area contributed by atoms with Crippen molar-refractivity contribution in [1.82, 2.24) is 14.8 Å². The van der Waals surface area contributed by atoms with Crippen LogP contribution in [0.2, 0.25) is 0 Å². The molecule has 3 atom stereocenters. The maximum Gasteiger partial charge on any atom is 0.270 e. The lowest BCUT2D eigenvalue weighted by Crippen LogP contribution is -2.53. The zero-order chi connectivity index (χ0) is 26.8. The summed E-state index contributed by atoms with van der Waals surface area (Å²) in [7, 11) is 0. The van der Waals surface area contributed by atoms with Crippen LogP contribution in [0, 0.1) is 18.3 Å². The highest BCUT2D eigenvalue weighted by molar-refractivity contribution is 6.04. The van der Waals surface area contributed by atoms with E-state index in [1.807, 2.05) is 80.0 Å². The molecule has 2 saturated heterocycles. The summed E-state index contributed by atoms with van der Waals surface area (Å²) < 4.78 is 0. The summed E-state index contributed by atoms with van der Waals surface area (Å²) in [4.78, 5) is 47.8. The van der Waals surface area contributed by atoms with Crippen LogP contribution >= 0.6 is 0 Å². The number of hydrogen-bond acceptors (Lipinski definition) is 3. The lowest BCUT2D eigenvalue weighted by atomic mass is 9.76. The molecule has 1 aromatic heterocycles.